The molecule has 1 heterocycles. The normalized spacial score (nSPS) is 10.0. The molecule has 6 heteroatoms. The van der Waals surface area contributed by atoms with Crippen LogP contribution in [-0.2, 0) is 0 Å². The van der Waals surface area contributed by atoms with Crippen LogP contribution in [0.25, 0.3) is 0 Å². The van der Waals surface area contributed by atoms with Gasteiger partial charge in [0.25, 0.3) is 5.91 Å². The Bertz CT molecular complexity index is 582. The van der Waals surface area contributed by atoms with E-state index in [-0.39, 0.29) is 11.6 Å². The topological polar surface area (TPSA) is 76.1 Å². The van der Waals surface area contributed by atoms with E-state index in [1.807, 2.05) is 12.1 Å². The number of carbonyl (C=O) groups excluding carboxylic acids is 1. The van der Waals surface area contributed by atoms with E-state index in [0.29, 0.717) is 18.1 Å². The molecule has 0 fully saturated rings. The molecule has 0 atom stereocenters. The van der Waals surface area contributed by atoms with Crippen LogP contribution in [0.5, 0.6) is 5.75 Å². The number of carbonyl (C=O) groups is 1. The minimum Gasteiger partial charge on any atom is -0.494 e. The van der Waals surface area contributed by atoms with Crippen LogP contribution in [-0.4, -0.2) is 29.5 Å². The Labute approximate surface area is 123 Å². The molecule has 1 amide bonds. The quantitative estimate of drug-likeness (QED) is 0.853. The minimum absolute atomic E-state index is 0.264. The van der Waals surface area contributed by atoms with Gasteiger partial charge in [-0.05, 0) is 30.7 Å². The van der Waals surface area contributed by atoms with E-state index in [1.54, 1.807) is 19.2 Å². The summed E-state index contributed by atoms with van der Waals surface area (Å²) in [6.45, 7) is 2.73. The van der Waals surface area contributed by atoms with Crippen molar-refractivity contribution in [1.82, 2.24) is 9.97 Å². The number of aromatic nitrogens is 2. The second-order valence-electron chi connectivity index (χ2n) is 4.36. The number of nitrogens with zero attached hydrogens (tertiary/aromatic N) is 2. The second-order valence-corrected chi connectivity index (χ2v) is 4.36. The third kappa shape index (κ3) is 4.17. The van der Waals surface area contributed by atoms with Gasteiger partial charge in [0.05, 0.1) is 19.0 Å². The van der Waals surface area contributed by atoms with Crippen LogP contribution in [0.1, 0.15) is 23.8 Å². The zero-order valence-electron chi connectivity index (χ0n) is 12.1. The van der Waals surface area contributed by atoms with Crippen molar-refractivity contribution in [3.05, 3.63) is 42.4 Å². The van der Waals surface area contributed by atoms with Gasteiger partial charge in [0.2, 0.25) is 0 Å². The predicted octanol–water partition coefficient (Wildman–Crippen LogP) is 2.56. The van der Waals surface area contributed by atoms with E-state index in [1.165, 1.54) is 12.4 Å². The monoisotopic (exact) mass is 286 g/mol. The van der Waals surface area contributed by atoms with Crippen molar-refractivity contribution < 1.29 is 9.53 Å². The summed E-state index contributed by atoms with van der Waals surface area (Å²) in [6, 6.07) is 7.22. The van der Waals surface area contributed by atoms with Crippen LogP contribution in [0, 0.1) is 0 Å². The van der Waals surface area contributed by atoms with Crippen LogP contribution < -0.4 is 15.4 Å². The maximum Gasteiger partial charge on any atom is 0.275 e. The van der Waals surface area contributed by atoms with Crippen molar-refractivity contribution >= 4 is 17.4 Å². The molecule has 2 aromatic rings. The second kappa shape index (κ2) is 7.23. The summed E-state index contributed by atoms with van der Waals surface area (Å²) in [5.74, 6) is 1.10. The molecule has 2 N–H and O–H groups in total. The first-order valence-electron chi connectivity index (χ1n) is 6.77. The lowest BCUT2D eigenvalue weighted by Crippen LogP contribution is -2.14. The third-order valence-electron chi connectivity index (χ3n) is 2.73. The van der Waals surface area contributed by atoms with Crippen LogP contribution in [0.4, 0.5) is 11.5 Å². The maximum absolute atomic E-state index is 12.0. The molecular weight excluding hydrogens is 268 g/mol. The summed E-state index contributed by atoms with van der Waals surface area (Å²) in [7, 11) is 1.74. The number of nitrogens with one attached hydrogen (secondary N) is 2. The van der Waals surface area contributed by atoms with Gasteiger partial charge in [0.15, 0.2) is 0 Å². The molecule has 0 spiro atoms. The van der Waals surface area contributed by atoms with E-state index in [0.717, 1.165) is 12.2 Å². The molecule has 1 aromatic carbocycles. The Hall–Kier alpha value is -2.63. The van der Waals surface area contributed by atoms with Crippen molar-refractivity contribution in [3.8, 4) is 5.75 Å². The van der Waals surface area contributed by atoms with Gasteiger partial charge in [-0.15, -0.1) is 0 Å². The van der Waals surface area contributed by atoms with E-state index < -0.39 is 0 Å². The number of ether oxygens (including phenoxy) is 1. The lowest BCUT2D eigenvalue weighted by molar-refractivity contribution is 0.102. The highest BCUT2D eigenvalue weighted by molar-refractivity contribution is 6.02. The molecule has 0 aliphatic rings. The minimum atomic E-state index is -0.299. The lowest BCUT2D eigenvalue weighted by atomic mass is 10.3. The maximum atomic E-state index is 12.0. The van der Waals surface area contributed by atoms with Gasteiger partial charge in [-0.25, -0.2) is 9.97 Å². The molecule has 0 bridgehead atoms. The van der Waals surface area contributed by atoms with Crippen molar-refractivity contribution in [3.63, 3.8) is 0 Å². The highest BCUT2D eigenvalue weighted by Crippen LogP contribution is 2.16. The zero-order chi connectivity index (χ0) is 15.1. The summed E-state index contributed by atoms with van der Waals surface area (Å²) in [5, 5.41) is 5.61. The highest BCUT2D eigenvalue weighted by Gasteiger charge is 2.08. The Morgan fingerprint density at radius 2 is 1.95 bits per heavy atom. The number of anilines is 2. The van der Waals surface area contributed by atoms with E-state index in [2.05, 4.69) is 27.5 Å². The van der Waals surface area contributed by atoms with Crippen molar-refractivity contribution in [2.45, 2.75) is 13.3 Å². The van der Waals surface area contributed by atoms with Gasteiger partial charge in [0.1, 0.15) is 17.3 Å². The Balaban J connectivity index is 1.98. The average molecular weight is 286 g/mol. The van der Waals surface area contributed by atoms with Crippen LogP contribution in [0.2, 0.25) is 0 Å². The van der Waals surface area contributed by atoms with Gasteiger partial charge >= 0.3 is 0 Å². The fourth-order valence-electron chi connectivity index (χ4n) is 1.62. The largest absolute Gasteiger partial charge is 0.494 e. The lowest BCUT2D eigenvalue weighted by Gasteiger charge is -2.07. The molecule has 0 aliphatic carbocycles. The number of hydrogen-bond donors (Lipinski definition) is 2. The van der Waals surface area contributed by atoms with Gasteiger partial charge < -0.3 is 15.4 Å². The molecule has 0 aliphatic heterocycles. The van der Waals surface area contributed by atoms with Gasteiger partial charge in [-0.3, -0.25) is 4.79 Å². The fraction of sp³-hybridized carbons (Fsp3) is 0.267. The Kier molecular flexibility index (Phi) is 5.09. The van der Waals surface area contributed by atoms with E-state index in [9.17, 15) is 4.79 Å². The number of amides is 1. The highest BCUT2D eigenvalue weighted by atomic mass is 16.5. The van der Waals surface area contributed by atoms with Crippen LogP contribution in [0.15, 0.2) is 36.7 Å². The van der Waals surface area contributed by atoms with Gasteiger partial charge in [-0.2, -0.15) is 0 Å². The molecule has 21 heavy (non-hydrogen) atoms. The fourth-order valence-corrected chi connectivity index (χ4v) is 1.62. The smallest absolute Gasteiger partial charge is 0.275 e. The molecule has 2 rings (SSSR count). The average Bonchev–Trinajstić information content (AvgIpc) is 2.54. The first-order valence-corrected chi connectivity index (χ1v) is 6.77. The predicted molar refractivity (Wildman–Crippen MR) is 81.8 cm³/mol. The first kappa shape index (κ1) is 14.8. The van der Waals surface area contributed by atoms with Crippen molar-refractivity contribution in [1.29, 1.82) is 0 Å². The standard InChI is InChI=1S/C15H18N4O2/c1-3-8-21-12-6-4-11(5-7-12)19-15(20)13-9-18-14(16-2)10-17-13/h4-7,9-10H,3,8H2,1-2H3,(H,16,18)(H,19,20). The Morgan fingerprint density at radius 3 is 2.52 bits per heavy atom. The first-order chi connectivity index (χ1) is 10.2. The molecule has 110 valence electrons. The zero-order valence-corrected chi connectivity index (χ0v) is 12.1. The van der Waals surface area contributed by atoms with Crippen LogP contribution >= 0.6 is 0 Å². The van der Waals surface area contributed by atoms with E-state index in [4.69, 9.17) is 4.74 Å². The summed E-state index contributed by atoms with van der Waals surface area (Å²) < 4.78 is 5.48. The summed E-state index contributed by atoms with van der Waals surface area (Å²) >= 11 is 0. The molecule has 0 unspecified atom stereocenters. The SMILES string of the molecule is CCCOc1ccc(NC(=O)c2cnc(NC)cn2)cc1. The molecule has 0 radical (unpaired) electrons. The van der Waals surface area contributed by atoms with Crippen molar-refractivity contribution in [2.75, 3.05) is 24.3 Å². The molecule has 1 aromatic heterocycles. The summed E-state index contributed by atoms with van der Waals surface area (Å²) in [5.41, 5.74) is 0.948. The van der Waals surface area contributed by atoms with Gasteiger partial charge in [0, 0.05) is 12.7 Å². The number of benzene rings is 1. The molecule has 6 nitrogen and oxygen atoms in total. The van der Waals surface area contributed by atoms with Crippen molar-refractivity contribution in [2.24, 2.45) is 0 Å². The number of hydrogen-bond acceptors (Lipinski definition) is 5. The summed E-state index contributed by atoms with van der Waals surface area (Å²) in [6.07, 6.45) is 3.90. The number of rotatable bonds is 6. The third-order valence-corrected chi connectivity index (χ3v) is 2.73. The molecule has 0 saturated heterocycles. The molecular formula is C15H18N4O2. The summed E-state index contributed by atoms with van der Waals surface area (Å²) in [4.78, 5) is 20.1. The van der Waals surface area contributed by atoms with Crippen LogP contribution in [0.3, 0.4) is 0 Å². The molecule has 0 saturated carbocycles. The Morgan fingerprint density at radius 1 is 1.19 bits per heavy atom. The van der Waals surface area contributed by atoms with E-state index >= 15 is 0 Å². The van der Waals surface area contributed by atoms with Gasteiger partial charge in [-0.1, -0.05) is 6.92 Å².